The monoisotopic (exact) mass is 739 g/mol. The molecule has 1 heterocycles. The lowest BCUT2D eigenvalue weighted by atomic mass is 9.66. The van der Waals surface area contributed by atoms with Gasteiger partial charge in [-0.15, -0.1) is 0 Å². The molecule has 9 aromatic carbocycles. The first-order valence-corrected chi connectivity index (χ1v) is 20.1. The minimum absolute atomic E-state index is 0.462. The molecule has 2 aliphatic carbocycles. The summed E-state index contributed by atoms with van der Waals surface area (Å²) >= 11 is 0. The van der Waals surface area contributed by atoms with E-state index >= 15 is 0 Å². The van der Waals surface area contributed by atoms with Gasteiger partial charge in [-0.2, -0.15) is 0 Å². The van der Waals surface area contributed by atoms with Crippen LogP contribution in [0.1, 0.15) is 44.5 Å². The normalized spacial score (nSPS) is 14.3. The highest BCUT2D eigenvalue weighted by Crippen LogP contribution is 2.63. The molecule has 12 rings (SSSR count). The van der Waals surface area contributed by atoms with Crippen LogP contribution in [0.5, 0.6) is 11.5 Å². The van der Waals surface area contributed by atoms with E-state index in [0.717, 1.165) is 39.7 Å². The summed E-state index contributed by atoms with van der Waals surface area (Å²) in [4.78, 5) is 2.39. The Morgan fingerprint density at radius 3 is 1.24 bits per heavy atom. The first-order valence-electron chi connectivity index (χ1n) is 20.1. The predicted octanol–water partition coefficient (Wildman–Crippen LogP) is 14.0. The van der Waals surface area contributed by atoms with Crippen LogP contribution in [0.15, 0.2) is 224 Å². The maximum Gasteiger partial charge on any atom is 0.132 e. The molecule has 0 saturated heterocycles. The second kappa shape index (κ2) is 12.5. The van der Waals surface area contributed by atoms with Gasteiger partial charge in [-0.1, -0.05) is 176 Å². The maximum atomic E-state index is 6.81. The van der Waals surface area contributed by atoms with Crippen LogP contribution in [0.2, 0.25) is 0 Å². The standard InChI is InChI=1S/C56H37NO/c1-3-17-38(18-4-1)55(47-25-11-7-21-43(47)44-22-8-12-26-48(44)55)39-31-33-41(34-32-39)57(40-19-5-2-6-20-40)42-35-36-54-52(37-42)56(51-29-15-16-30-53(51)58-54)49-27-13-9-23-45(49)46-24-10-14-28-50(46)56/h1-37H. The molecule has 0 bridgehead atoms. The van der Waals surface area contributed by atoms with Gasteiger partial charge >= 0.3 is 0 Å². The topological polar surface area (TPSA) is 12.5 Å². The number of benzene rings is 9. The molecule has 0 radical (unpaired) electrons. The summed E-state index contributed by atoms with van der Waals surface area (Å²) in [6.07, 6.45) is 0. The van der Waals surface area contributed by atoms with Crippen LogP contribution in [-0.2, 0) is 10.8 Å². The van der Waals surface area contributed by atoms with Gasteiger partial charge in [0.05, 0.1) is 10.8 Å². The smallest absolute Gasteiger partial charge is 0.132 e. The summed E-state index contributed by atoms with van der Waals surface area (Å²) in [5, 5.41) is 0. The van der Waals surface area contributed by atoms with Gasteiger partial charge in [-0.05, 0) is 104 Å². The van der Waals surface area contributed by atoms with Gasteiger partial charge < -0.3 is 9.64 Å². The Balaban J connectivity index is 1.07. The molecule has 0 unspecified atom stereocenters. The largest absolute Gasteiger partial charge is 0.457 e. The van der Waals surface area contributed by atoms with E-state index in [1.807, 2.05) is 0 Å². The summed E-state index contributed by atoms with van der Waals surface area (Å²) < 4.78 is 6.81. The molecule has 3 aliphatic rings. The quantitative estimate of drug-likeness (QED) is 0.174. The first kappa shape index (κ1) is 32.8. The number of anilines is 3. The van der Waals surface area contributed by atoms with E-state index < -0.39 is 10.8 Å². The number of fused-ring (bicyclic) bond motifs is 12. The van der Waals surface area contributed by atoms with Crippen molar-refractivity contribution in [3.63, 3.8) is 0 Å². The Bertz CT molecular complexity index is 2950. The predicted molar refractivity (Wildman–Crippen MR) is 236 cm³/mol. The molecule has 0 fully saturated rings. The van der Waals surface area contributed by atoms with Crippen LogP contribution in [0.4, 0.5) is 17.1 Å². The van der Waals surface area contributed by atoms with Gasteiger partial charge in [0.2, 0.25) is 0 Å². The molecule has 0 amide bonds. The lowest BCUT2D eigenvalue weighted by Gasteiger charge is -2.40. The fraction of sp³-hybridized carbons (Fsp3) is 0.0357. The van der Waals surface area contributed by atoms with E-state index in [9.17, 15) is 0 Å². The average molecular weight is 740 g/mol. The lowest BCUT2D eigenvalue weighted by molar-refractivity contribution is 0.436. The second-order valence-electron chi connectivity index (χ2n) is 15.5. The zero-order valence-electron chi connectivity index (χ0n) is 31.7. The summed E-state index contributed by atoms with van der Waals surface area (Å²) in [7, 11) is 0. The fourth-order valence-electron chi connectivity index (χ4n) is 10.6. The van der Waals surface area contributed by atoms with E-state index in [2.05, 4.69) is 229 Å². The van der Waals surface area contributed by atoms with E-state index in [0.29, 0.717) is 0 Å². The summed E-state index contributed by atoms with van der Waals surface area (Å²) in [6, 6.07) is 82.0. The molecule has 272 valence electrons. The molecule has 0 N–H and O–H groups in total. The molecule has 0 atom stereocenters. The zero-order chi connectivity index (χ0) is 38.3. The molecule has 0 saturated carbocycles. The Kier molecular flexibility index (Phi) is 7.09. The zero-order valence-corrected chi connectivity index (χ0v) is 31.7. The summed E-state index contributed by atoms with van der Waals surface area (Å²) in [6.45, 7) is 0. The molecule has 9 aromatic rings. The van der Waals surface area contributed by atoms with Crippen LogP contribution < -0.4 is 9.64 Å². The van der Waals surface area contributed by atoms with Crippen LogP contribution in [-0.4, -0.2) is 0 Å². The van der Waals surface area contributed by atoms with Gasteiger partial charge in [0.15, 0.2) is 0 Å². The van der Waals surface area contributed by atoms with Crippen molar-refractivity contribution in [2.24, 2.45) is 0 Å². The highest BCUT2D eigenvalue weighted by atomic mass is 16.5. The number of hydrogen-bond acceptors (Lipinski definition) is 2. The van der Waals surface area contributed by atoms with Gasteiger partial charge in [0.1, 0.15) is 11.5 Å². The summed E-state index contributed by atoms with van der Waals surface area (Å²) in [5.41, 5.74) is 17.3. The van der Waals surface area contributed by atoms with Gasteiger partial charge in [-0.25, -0.2) is 0 Å². The Labute approximate surface area is 338 Å². The van der Waals surface area contributed by atoms with Crippen molar-refractivity contribution in [3.05, 3.63) is 269 Å². The Hall–Kier alpha value is -7.42. The average Bonchev–Trinajstić information content (AvgIpc) is 3.76. The third-order valence-electron chi connectivity index (χ3n) is 12.8. The minimum atomic E-state index is -0.551. The highest BCUT2D eigenvalue weighted by Gasteiger charge is 2.51. The third-order valence-corrected chi connectivity index (χ3v) is 12.8. The van der Waals surface area contributed by atoms with Crippen molar-refractivity contribution in [1.82, 2.24) is 0 Å². The number of hydrogen-bond donors (Lipinski definition) is 0. The van der Waals surface area contributed by atoms with Crippen LogP contribution in [0.25, 0.3) is 22.3 Å². The lowest BCUT2D eigenvalue weighted by Crippen LogP contribution is -2.32. The number of para-hydroxylation sites is 2. The van der Waals surface area contributed by atoms with Crippen LogP contribution in [0, 0.1) is 0 Å². The molecule has 0 aromatic heterocycles. The van der Waals surface area contributed by atoms with Crippen LogP contribution in [0.3, 0.4) is 0 Å². The third kappa shape index (κ3) is 4.37. The highest BCUT2D eigenvalue weighted by molar-refractivity contribution is 5.90. The molecule has 2 nitrogen and oxygen atoms in total. The van der Waals surface area contributed by atoms with E-state index in [1.54, 1.807) is 0 Å². The first-order chi connectivity index (χ1) is 28.8. The number of nitrogens with zero attached hydrogens (tertiary/aromatic N) is 1. The molecular formula is C56H37NO. The minimum Gasteiger partial charge on any atom is -0.457 e. The van der Waals surface area contributed by atoms with Crippen molar-refractivity contribution in [2.45, 2.75) is 10.8 Å². The van der Waals surface area contributed by atoms with Crippen molar-refractivity contribution < 1.29 is 4.74 Å². The maximum absolute atomic E-state index is 6.81. The van der Waals surface area contributed by atoms with Crippen molar-refractivity contribution in [2.75, 3.05) is 4.90 Å². The van der Waals surface area contributed by atoms with Gasteiger partial charge in [-0.3, -0.25) is 0 Å². The van der Waals surface area contributed by atoms with Gasteiger partial charge in [0.25, 0.3) is 0 Å². The fourth-order valence-corrected chi connectivity index (χ4v) is 10.6. The van der Waals surface area contributed by atoms with E-state index in [4.69, 9.17) is 4.74 Å². The molecule has 1 spiro atoms. The SMILES string of the molecule is c1ccc(N(c2ccc(C3(c4ccccc4)c4ccccc4-c4ccccc43)cc2)c2ccc3c(c2)C2(c4ccccc4O3)c3ccccc3-c3ccccc32)cc1. The van der Waals surface area contributed by atoms with Crippen molar-refractivity contribution in [3.8, 4) is 33.8 Å². The second-order valence-corrected chi connectivity index (χ2v) is 15.5. The molecular weight excluding hydrogens is 703 g/mol. The van der Waals surface area contributed by atoms with Crippen molar-refractivity contribution in [1.29, 1.82) is 0 Å². The Morgan fingerprint density at radius 1 is 0.276 bits per heavy atom. The van der Waals surface area contributed by atoms with Crippen molar-refractivity contribution >= 4 is 17.1 Å². The molecule has 58 heavy (non-hydrogen) atoms. The van der Waals surface area contributed by atoms with Crippen LogP contribution >= 0.6 is 0 Å². The van der Waals surface area contributed by atoms with E-state index in [1.165, 1.54) is 55.6 Å². The number of rotatable bonds is 5. The number of ether oxygens (including phenoxy) is 1. The molecule has 2 heteroatoms. The van der Waals surface area contributed by atoms with Gasteiger partial charge in [0, 0.05) is 28.2 Å². The Morgan fingerprint density at radius 2 is 0.672 bits per heavy atom. The summed E-state index contributed by atoms with van der Waals surface area (Å²) in [5.74, 6) is 1.77. The molecule has 1 aliphatic heterocycles. The van der Waals surface area contributed by atoms with E-state index in [-0.39, 0.29) is 0 Å².